The molecule has 2 aliphatic rings. The van der Waals surface area contributed by atoms with Crippen molar-refractivity contribution in [2.75, 3.05) is 46.4 Å². The molecule has 2 aliphatic heterocycles. The first-order chi connectivity index (χ1) is 15.1. The summed E-state index contributed by atoms with van der Waals surface area (Å²) in [6, 6.07) is 8.88. The maximum Gasteiger partial charge on any atom is 0.228 e. The van der Waals surface area contributed by atoms with E-state index in [4.69, 9.17) is 4.98 Å². The van der Waals surface area contributed by atoms with Gasteiger partial charge in [0.25, 0.3) is 0 Å². The number of likely N-dealkylation sites (N-methyl/N-ethyl adjacent to an activating group) is 1. The maximum atomic E-state index is 12.9. The van der Waals surface area contributed by atoms with Crippen LogP contribution in [-0.4, -0.2) is 83.1 Å². The van der Waals surface area contributed by atoms with Crippen LogP contribution in [0, 0.1) is 0 Å². The molecule has 2 saturated heterocycles. The zero-order valence-electron chi connectivity index (χ0n) is 18.5. The molecule has 6 nitrogen and oxygen atoms in total. The molecule has 7 heteroatoms. The number of nitrogens with zero attached hydrogens (tertiary/aromatic N) is 4. The standard InChI is InChI=1S/C24H34N4O2S/c1-26-11-13-27(14-12-26)17-19-5-7-20(8-6-19)24-25-21(18-31-24)16-23(30)28-10-3-2-4-22(28)9-15-29/h5-8,18,22,29H,2-4,9-17H2,1H3. The van der Waals surface area contributed by atoms with Crippen molar-refractivity contribution in [3.63, 3.8) is 0 Å². The number of benzene rings is 1. The van der Waals surface area contributed by atoms with Gasteiger partial charge in [0, 0.05) is 62.9 Å². The third kappa shape index (κ3) is 5.92. The van der Waals surface area contributed by atoms with Crippen LogP contribution >= 0.6 is 11.3 Å². The molecule has 1 aromatic carbocycles. The molecule has 2 fully saturated rings. The van der Waals surface area contributed by atoms with Crippen LogP contribution in [0.15, 0.2) is 29.6 Å². The van der Waals surface area contributed by atoms with Gasteiger partial charge in [0.2, 0.25) is 5.91 Å². The maximum absolute atomic E-state index is 12.9. The molecule has 0 aliphatic carbocycles. The zero-order chi connectivity index (χ0) is 21.6. The average molecular weight is 443 g/mol. The van der Waals surface area contributed by atoms with E-state index < -0.39 is 0 Å². The molecular formula is C24H34N4O2S. The van der Waals surface area contributed by atoms with Crippen molar-refractivity contribution in [2.24, 2.45) is 0 Å². The lowest BCUT2D eigenvalue weighted by Crippen LogP contribution is -2.44. The van der Waals surface area contributed by atoms with E-state index in [0.717, 1.165) is 74.8 Å². The molecule has 168 valence electrons. The number of piperidine rings is 1. The number of aliphatic hydroxyl groups excluding tert-OH is 1. The smallest absolute Gasteiger partial charge is 0.228 e. The minimum absolute atomic E-state index is 0.137. The highest BCUT2D eigenvalue weighted by Gasteiger charge is 2.26. The van der Waals surface area contributed by atoms with Crippen molar-refractivity contribution in [1.82, 2.24) is 19.7 Å². The van der Waals surface area contributed by atoms with E-state index in [1.165, 1.54) is 5.56 Å². The number of carbonyl (C=O) groups is 1. The second-order valence-corrected chi connectivity index (χ2v) is 9.70. The van der Waals surface area contributed by atoms with Crippen molar-refractivity contribution in [2.45, 2.75) is 44.7 Å². The normalized spacial score (nSPS) is 20.8. The Morgan fingerprint density at radius 2 is 1.90 bits per heavy atom. The number of likely N-dealkylation sites (tertiary alicyclic amines) is 1. The van der Waals surface area contributed by atoms with E-state index in [-0.39, 0.29) is 18.6 Å². The number of rotatable bonds is 7. The Morgan fingerprint density at radius 1 is 1.13 bits per heavy atom. The number of hydrogen-bond donors (Lipinski definition) is 1. The number of thiazole rings is 1. The van der Waals surface area contributed by atoms with Gasteiger partial charge in [-0.3, -0.25) is 9.69 Å². The molecule has 4 rings (SSSR count). The molecule has 1 atom stereocenters. The molecule has 2 aromatic rings. The fourth-order valence-electron chi connectivity index (χ4n) is 4.57. The number of carbonyl (C=O) groups excluding carboxylic acids is 1. The number of piperazine rings is 1. The fraction of sp³-hybridized carbons (Fsp3) is 0.583. The van der Waals surface area contributed by atoms with Crippen LogP contribution in [0.3, 0.4) is 0 Å². The summed E-state index contributed by atoms with van der Waals surface area (Å²) in [5.41, 5.74) is 3.29. The average Bonchev–Trinajstić information content (AvgIpc) is 3.25. The van der Waals surface area contributed by atoms with Gasteiger partial charge in [-0.25, -0.2) is 4.98 Å². The van der Waals surface area contributed by atoms with Gasteiger partial charge >= 0.3 is 0 Å². The van der Waals surface area contributed by atoms with E-state index in [2.05, 4.69) is 41.1 Å². The fourth-order valence-corrected chi connectivity index (χ4v) is 5.40. The SMILES string of the molecule is CN1CCN(Cc2ccc(-c3nc(CC(=O)N4CCCCC4CCO)cs3)cc2)CC1. The predicted octanol–water partition coefficient (Wildman–Crippen LogP) is 2.86. The lowest BCUT2D eigenvalue weighted by atomic mass is 9.99. The van der Waals surface area contributed by atoms with Crippen LogP contribution in [0.5, 0.6) is 0 Å². The first-order valence-corrected chi connectivity index (χ1v) is 12.4. The third-order valence-corrected chi connectivity index (χ3v) is 7.44. The topological polar surface area (TPSA) is 59.9 Å². The minimum Gasteiger partial charge on any atom is -0.396 e. The Kier molecular flexibility index (Phi) is 7.72. The van der Waals surface area contributed by atoms with Crippen molar-refractivity contribution in [3.8, 4) is 10.6 Å². The molecule has 0 saturated carbocycles. The summed E-state index contributed by atoms with van der Waals surface area (Å²) >= 11 is 1.61. The lowest BCUT2D eigenvalue weighted by molar-refractivity contribution is -0.134. The Hall–Kier alpha value is -1.80. The Bertz CT molecular complexity index is 844. The summed E-state index contributed by atoms with van der Waals surface area (Å²) in [5, 5.41) is 12.3. The van der Waals surface area contributed by atoms with Gasteiger partial charge in [0.1, 0.15) is 5.01 Å². The molecule has 3 heterocycles. The zero-order valence-corrected chi connectivity index (χ0v) is 19.3. The van der Waals surface area contributed by atoms with E-state index >= 15 is 0 Å². The molecule has 1 amide bonds. The second kappa shape index (κ2) is 10.7. The van der Waals surface area contributed by atoms with Gasteiger partial charge in [0.15, 0.2) is 0 Å². The van der Waals surface area contributed by atoms with E-state index in [9.17, 15) is 9.90 Å². The lowest BCUT2D eigenvalue weighted by Gasteiger charge is -2.35. The van der Waals surface area contributed by atoms with Gasteiger partial charge in [-0.05, 0) is 38.3 Å². The minimum atomic E-state index is 0.137. The molecule has 0 bridgehead atoms. The number of hydrogen-bond acceptors (Lipinski definition) is 6. The Labute approximate surface area is 189 Å². The van der Waals surface area contributed by atoms with Crippen LogP contribution < -0.4 is 0 Å². The van der Waals surface area contributed by atoms with Crippen molar-refractivity contribution < 1.29 is 9.90 Å². The summed E-state index contributed by atoms with van der Waals surface area (Å²) in [7, 11) is 2.18. The summed E-state index contributed by atoms with van der Waals surface area (Å²) in [5.74, 6) is 0.137. The monoisotopic (exact) mass is 442 g/mol. The predicted molar refractivity (Wildman–Crippen MR) is 125 cm³/mol. The molecular weight excluding hydrogens is 408 g/mol. The first kappa shape index (κ1) is 22.4. The highest BCUT2D eigenvalue weighted by atomic mass is 32.1. The number of amides is 1. The highest BCUT2D eigenvalue weighted by Crippen LogP contribution is 2.26. The third-order valence-electron chi connectivity index (χ3n) is 6.50. The Morgan fingerprint density at radius 3 is 2.65 bits per heavy atom. The van der Waals surface area contributed by atoms with Crippen LogP contribution in [0.25, 0.3) is 10.6 Å². The molecule has 1 N–H and O–H groups in total. The largest absolute Gasteiger partial charge is 0.396 e. The second-order valence-electron chi connectivity index (χ2n) is 8.85. The van der Waals surface area contributed by atoms with Gasteiger partial charge in [-0.2, -0.15) is 0 Å². The summed E-state index contributed by atoms with van der Waals surface area (Å²) in [6.07, 6.45) is 4.21. The van der Waals surface area contributed by atoms with Crippen LogP contribution in [-0.2, 0) is 17.8 Å². The quantitative estimate of drug-likeness (QED) is 0.715. The van der Waals surface area contributed by atoms with E-state index in [0.29, 0.717) is 12.8 Å². The van der Waals surface area contributed by atoms with Gasteiger partial charge in [-0.1, -0.05) is 24.3 Å². The summed E-state index contributed by atoms with van der Waals surface area (Å²) in [6.45, 7) is 6.45. The van der Waals surface area contributed by atoms with Gasteiger partial charge < -0.3 is 14.9 Å². The van der Waals surface area contributed by atoms with Crippen LogP contribution in [0.4, 0.5) is 0 Å². The number of aromatic nitrogens is 1. The Balaban J connectivity index is 1.34. The molecule has 0 spiro atoms. The van der Waals surface area contributed by atoms with Crippen molar-refractivity contribution >= 4 is 17.2 Å². The molecule has 31 heavy (non-hydrogen) atoms. The van der Waals surface area contributed by atoms with Gasteiger partial charge in [-0.15, -0.1) is 11.3 Å². The van der Waals surface area contributed by atoms with Crippen LogP contribution in [0.2, 0.25) is 0 Å². The molecule has 0 radical (unpaired) electrons. The van der Waals surface area contributed by atoms with Crippen molar-refractivity contribution in [1.29, 1.82) is 0 Å². The van der Waals surface area contributed by atoms with Crippen LogP contribution in [0.1, 0.15) is 36.9 Å². The number of aliphatic hydroxyl groups is 1. The highest BCUT2D eigenvalue weighted by molar-refractivity contribution is 7.13. The van der Waals surface area contributed by atoms with Crippen molar-refractivity contribution in [3.05, 3.63) is 40.9 Å². The summed E-state index contributed by atoms with van der Waals surface area (Å²) in [4.78, 5) is 24.4. The first-order valence-electron chi connectivity index (χ1n) is 11.5. The summed E-state index contributed by atoms with van der Waals surface area (Å²) < 4.78 is 0. The van der Waals surface area contributed by atoms with E-state index in [1.807, 2.05) is 10.3 Å². The van der Waals surface area contributed by atoms with E-state index in [1.54, 1.807) is 11.3 Å². The molecule has 1 unspecified atom stereocenters. The molecule has 1 aromatic heterocycles. The van der Waals surface area contributed by atoms with Gasteiger partial charge in [0.05, 0.1) is 12.1 Å².